The van der Waals surface area contributed by atoms with Gasteiger partial charge in [0.25, 0.3) is 5.91 Å². The van der Waals surface area contributed by atoms with Crippen molar-refractivity contribution in [3.05, 3.63) is 83.1 Å². The second-order valence-corrected chi connectivity index (χ2v) is 9.81. The van der Waals surface area contributed by atoms with Gasteiger partial charge in [-0.1, -0.05) is 38.1 Å². The average molecular weight is 524 g/mol. The molecule has 1 aliphatic heterocycles. The molecule has 1 aliphatic rings. The largest absolute Gasteiger partial charge is 0.457 e. The van der Waals surface area contributed by atoms with Crippen LogP contribution in [-0.4, -0.2) is 43.0 Å². The molecule has 2 N–H and O–H groups in total. The van der Waals surface area contributed by atoms with E-state index in [9.17, 15) is 14.9 Å². The van der Waals surface area contributed by atoms with Gasteiger partial charge in [-0.15, -0.1) is 0 Å². The predicted octanol–water partition coefficient (Wildman–Crippen LogP) is 4.23. The van der Waals surface area contributed by atoms with Gasteiger partial charge in [0.2, 0.25) is 0 Å². The van der Waals surface area contributed by atoms with Crippen LogP contribution < -0.4 is 16.2 Å². The van der Waals surface area contributed by atoms with Crippen molar-refractivity contribution in [1.29, 1.82) is 5.26 Å². The number of amides is 1. The number of imidazole rings is 1. The summed E-state index contributed by atoms with van der Waals surface area (Å²) < 4.78 is 8.98. The molecule has 0 bridgehead atoms. The molecule has 39 heavy (non-hydrogen) atoms. The van der Waals surface area contributed by atoms with Gasteiger partial charge in [-0.25, -0.2) is 14.8 Å². The van der Waals surface area contributed by atoms with E-state index in [2.05, 4.69) is 9.97 Å². The first-order chi connectivity index (χ1) is 18.9. The first-order valence-electron chi connectivity index (χ1n) is 12.8. The number of piperidine rings is 1. The summed E-state index contributed by atoms with van der Waals surface area (Å²) in [4.78, 5) is 37.2. The van der Waals surface area contributed by atoms with Gasteiger partial charge >= 0.3 is 5.69 Å². The molecule has 2 aromatic carbocycles. The van der Waals surface area contributed by atoms with Crippen LogP contribution in [0.15, 0.2) is 77.4 Å². The van der Waals surface area contributed by atoms with Crippen LogP contribution >= 0.6 is 0 Å². The highest BCUT2D eigenvalue weighted by molar-refractivity contribution is 5.97. The van der Waals surface area contributed by atoms with Crippen LogP contribution in [0.4, 0.5) is 5.82 Å². The van der Waals surface area contributed by atoms with Gasteiger partial charge in [0, 0.05) is 13.1 Å². The molecule has 1 amide bonds. The molecule has 1 fully saturated rings. The van der Waals surface area contributed by atoms with Crippen LogP contribution in [0, 0.1) is 17.2 Å². The van der Waals surface area contributed by atoms with Crippen molar-refractivity contribution in [1.82, 2.24) is 24.0 Å². The smallest absolute Gasteiger partial charge is 0.335 e. The summed E-state index contributed by atoms with van der Waals surface area (Å²) in [6, 6.07) is 18.2. The van der Waals surface area contributed by atoms with E-state index in [-0.39, 0.29) is 41.5 Å². The summed E-state index contributed by atoms with van der Waals surface area (Å²) >= 11 is 0. The molecule has 0 spiro atoms. The topological polar surface area (TPSA) is 132 Å². The van der Waals surface area contributed by atoms with Gasteiger partial charge in [0.15, 0.2) is 11.5 Å². The first kappa shape index (κ1) is 25.7. The minimum Gasteiger partial charge on any atom is -0.457 e. The molecule has 1 saturated heterocycles. The molecule has 2 aromatic heterocycles. The molecule has 10 heteroatoms. The quantitative estimate of drug-likeness (QED) is 0.295. The zero-order chi connectivity index (χ0) is 27.5. The molecule has 10 nitrogen and oxygen atoms in total. The second-order valence-electron chi connectivity index (χ2n) is 9.81. The van der Waals surface area contributed by atoms with Crippen molar-refractivity contribution in [2.45, 2.75) is 32.7 Å². The fourth-order valence-electron chi connectivity index (χ4n) is 4.93. The number of aromatic nitrogens is 4. The van der Waals surface area contributed by atoms with E-state index >= 15 is 0 Å². The van der Waals surface area contributed by atoms with Crippen LogP contribution in [0.1, 0.15) is 32.7 Å². The van der Waals surface area contributed by atoms with E-state index in [1.807, 2.05) is 50.2 Å². The van der Waals surface area contributed by atoms with Gasteiger partial charge in [-0.05, 0) is 55.2 Å². The Morgan fingerprint density at radius 2 is 1.85 bits per heavy atom. The molecule has 0 unspecified atom stereocenters. The number of fused-ring (bicyclic) bond motifs is 1. The van der Waals surface area contributed by atoms with Gasteiger partial charge in [0.05, 0.1) is 11.7 Å². The number of benzene rings is 2. The molecule has 3 heterocycles. The highest BCUT2D eigenvalue weighted by Gasteiger charge is 2.31. The van der Waals surface area contributed by atoms with Gasteiger partial charge in [-0.3, -0.25) is 13.9 Å². The van der Waals surface area contributed by atoms with E-state index in [1.165, 1.54) is 10.9 Å². The Morgan fingerprint density at radius 1 is 1.13 bits per heavy atom. The summed E-state index contributed by atoms with van der Waals surface area (Å²) in [6.45, 7) is 4.63. The zero-order valence-electron chi connectivity index (χ0n) is 21.8. The number of ether oxygens (including phenoxy) is 1. The number of carbonyl (C=O) groups is 1. The minimum absolute atomic E-state index is 0.0638. The van der Waals surface area contributed by atoms with Crippen molar-refractivity contribution in [2.24, 2.45) is 5.92 Å². The number of carbonyl (C=O) groups excluding carboxylic acids is 1. The normalized spacial score (nSPS) is 15.9. The van der Waals surface area contributed by atoms with Gasteiger partial charge in [-0.2, -0.15) is 5.26 Å². The Kier molecular flexibility index (Phi) is 7.14. The highest BCUT2D eigenvalue weighted by Crippen LogP contribution is 2.29. The molecule has 0 saturated carbocycles. The molecular weight excluding hydrogens is 494 g/mol. The zero-order valence-corrected chi connectivity index (χ0v) is 21.8. The van der Waals surface area contributed by atoms with Crippen molar-refractivity contribution in [2.75, 3.05) is 18.8 Å². The maximum absolute atomic E-state index is 13.9. The summed E-state index contributed by atoms with van der Waals surface area (Å²) in [7, 11) is 0. The number of anilines is 1. The predicted molar refractivity (Wildman–Crippen MR) is 147 cm³/mol. The lowest BCUT2D eigenvalue weighted by atomic mass is 10.0. The van der Waals surface area contributed by atoms with E-state index in [0.717, 1.165) is 0 Å². The summed E-state index contributed by atoms with van der Waals surface area (Å²) in [5.74, 6) is 1.24. The lowest BCUT2D eigenvalue weighted by molar-refractivity contribution is -0.128. The third-order valence-corrected chi connectivity index (χ3v) is 6.65. The van der Waals surface area contributed by atoms with Crippen LogP contribution in [0.5, 0.6) is 11.5 Å². The van der Waals surface area contributed by atoms with Crippen LogP contribution in [0.25, 0.3) is 16.9 Å². The number of para-hydroxylation sites is 1. The molecule has 5 rings (SSSR count). The van der Waals surface area contributed by atoms with E-state index < -0.39 is 0 Å². The number of nitrogens with two attached hydrogens (primary N) is 1. The maximum Gasteiger partial charge on any atom is 0.335 e. The molecule has 0 radical (unpaired) electrons. The Labute approximate surface area is 225 Å². The van der Waals surface area contributed by atoms with E-state index in [1.54, 1.807) is 39.8 Å². The standard InChI is InChI=1S/C29H29N7O3/c1-19(2)15-20(16-30)28(37)34-14-6-7-22(17-34)36-27-25(26(31)32-18-33-27)35(29(36)38)21-10-12-24(13-11-21)39-23-8-4-3-5-9-23/h3-5,8-13,15,18-19,22H,6-7,14,17H2,1-2H3,(H2,31,32,33)/b20-15-/t22-/m0/s1. The monoisotopic (exact) mass is 523 g/mol. The van der Waals surface area contributed by atoms with Crippen LogP contribution in [-0.2, 0) is 4.79 Å². The molecule has 198 valence electrons. The Morgan fingerprint density at radius 3 is 2.54 bits per heavy atom. The number of rotatable bonds is 6. The summed E-state index contributed by atoms with van der Waals surface area (Å²) in [5.41, 5.74) is 7.43. The number of hydrogen-bond donors (Lipinski definition) is 1. The van der Waals surface area contributed by atoms with Gasteiger partial charge < -0.3 is 15.4 Å². The van der Waals surface area contributed by atoms with Crippen LogP contribution in [0.3, 0.4) is 0 Å². The molecular formula is C29H29N7O3. The number of allylic oxidation sites excluding steroid dienone is 1. The number of hydrogen-bond acceptors (Lipinski definition) is 7. The van der Waals surface area contributed by atoms with Gasteiger partial charge in [0.1, 0.15) is 35.0 Å². The van der Waals surface area contributed by atoms with E-state index in [4.69, 9.17) is 10.5 Å². The third-order valence-electron chi connectivity index (χ3n) is 6.65. The lowest BCUT2D eigenvalue weighted by Crippen LogP contribution is -2.43. The Hall–Kier alpha value is -4.91. The minimum atomic E-state index is -0.340. The lowest BCUT2D eigenvalue weighted by Gasteiger charge is -2.33. The van der Waals surface area contributed by atoms with Crippen molar-refractivity contribution in [3.63, 3.8) is 0 Å². The van der Waals surface area contributed by atoms with Crippen molar-refractivity contribution < 1.29 is 9.53 Å². The highest BCUT2D eigenvalue weighted by atomic mass is 16.5. The fourth-order valence-corrected chi connectivity index (χ4v) is 4.93. The number of likely N-dealkylation sites (tertiary alicyclic amines) is 1. The van der Waals surface area contributed by atoms with Crippen LogP contribution in [0.2, 0.25) is 0 Å². The maximum atomic E-state index is 13.9. The number of nitrogens with zero attached hydrogens (tertiary/aromatic N) is 6. The SMILES string of the molecule is CC(C)/C=C(/C#N)C(=O)N1CCC[C@H](n2c(=O)n(-c3ccc(Oc4ccccc4)cc3)c3c(N)ncnc32)C1. The molecule has 0 aliphatic carbocycles. The number of nitriles is 1. The number of nitrogen functional groups attached to an aromatic ring is 1. The van der Waals surface area contributed by atoms with E-state index in [0.29, 0.717) is 47.7 Å². The Balaban J connectivity index is 1.51. The second kappa shape index (κ2) is 10.8. The van der Waals surface area contributed by atoms with Crippen molar-refractivity contribution >= 4 is 22.9 Å². The van der Waals surface area contributed by atoms with Crippen molar-refractivity contribution in [3.8, 4) is 23.3 Å². The Bertz CT molecular complexity index is 1630. The first-order valence-corrected chi connectivity index (χ1v) is 12.8. The average Bonchev–Trinajstić information content (AvgIpc) is 3.25. The molecule has 4 aromatic rings. The third kappa shape index (κ3) is 5.11. The summed E-state index contributed by atoms with van der Waals surface area (Å²) in [5, 5.41) is 9.54. The summed E-state index contributed by atoms with van der Waals surface area (Å²) in [6.07, 6.45) is 4.36. The fraction of sp³-hybridized carbons (Fsp3) is 0.276. The molecule has 1 atom stereocenters.